The van der Waals surface area contributed by atoms with Crippen molar-refractivity contribution in [2.75, 3.05) is 6.54 Å². The number of rotatable bonds is 4. The molecule has 6 heteroatoms. The topological polar surface area (TPSA) is 98.1 Å². The fourth-order valence-corrected chi connectivity index (χ4v) is 2.65. The van der Waals surface area contributed by atoms with E-state index in [1.54, 1.807) is 11.0 Å². The van der Waals surface area contributed by atoms with Gasteiger partial charge in [-0.25, -0.2) is 4.79 Å². The lowest BCUT2D eigenvalue weighted by Crippen LogP contribution is -2.45. The Bertz CT molecular complexity index is 466. The molecule has 1 unspecified atom stereocenters. The van der Waals surface area contributed by atoms with E-state index in [-0.39, 0.29) is 12.2 Å². The van der Waals surface area contributed by atoms with E-state index in [1.807, 2.05) is 0 Å². The van der Waals surface area contributed by atoms with Crippen molar-refractivity contribution in [2.24, 2.45) is 0 Å². The molecule has 0 aliphatic carbocycles. The monoisotopic (exact) mass is 267 g/mol. The molecule has 1 saturated heterocycles. The predicted octanol–water partition coefficient (Wildman–Crippen LogP) is 1.50. The molecular formula is C13H17NO5. The van der Waals surface area contributed by atoms with E-state index in [9.17, 15) is 19.8 Å². The van der Waals surface area contributed by atoms with E-state index in [0.717, 1.165) is 12.0 Å². The lowest BCUT2D eigenvalue weighted by Gasteiger charge is -2.39. The number of hydrogen-bond acceptors (Lipinski definition) is 4. The van der Waals surface area contributed by atoms with E-state index in [1.165, 1.54) is 0 Å². The minimum Gasteiger partial charge on any atom is -0.506 e. The zero-order valence-corrected chi connectivity index (χ0v) is 10.5. The smallest absolute Gasteiger partial charge is 0.326 e. The summed E-state index contributed by atoms with van der Waals surface area (Å²) in [4.78, 5) is 23.5. The fourth-order valence-electron chi connectivity index (χ4n) is 2.65. The van der Waals surface area contributed by atoms with Gasteiger partial charge >= 0.3 is 11.9 Å². The van der Waals surface area contributed by atoms with Crippen LogP contribution in [-0.4, -0.2) is 44.7 Å². The number of fused-ring (bicyclic) bond motifs is 1. The lowest BCUT2D eigenvalue weighted by molar-refractivity contribution is -0.143. The molecule has 2 aliphatic rings. The number of carboxylic acid groups (broad SMARTS) is 2. The molecule has 1 fully saturated rings. The van der Waals surface area contributed by atoms with Crippen LogP contribution in [0.1, 0.15) is 32.1 Å². The first-order chi connectivity index (χ1) is 8.99. The molecule has 2 rings (SSSR count). The van der Waals surface area contributed by atoms with Crippen molar-refractivity contribution in [1.82, 2.24) is 4.90 Å². The van der Waals surface area contributed by atoms with E-state index in [4.69, 9.17) is 5.11 Å². The molecular weight excluding hydrogens is 250 g/mol. The van der Waals surface area contributed by atoms with Gasteiger partial charge in [-0.1, -0.05) is 0 Å². The van der Waals surface area contributed by atoms with Gasteiger partial charge in [-0.2, -0.15) is 0 Å². The highest BCUT2D eigenvalue weighted by Gasteiger charge is 2.34. The molecule has 19 heavy (non-hydrogen) atoms. The number of aliphatic hydroxyl groups is 1. The van der Waals surface area contributed by atoms with Crippen LogP contribution in [0.4, 0.5) is 0 Å². The maximum Gasteiger partial charge on any atom is 0.326 e. The van der Waals surface area contributed by atoms with Gasteiger partial charge in [-0.3, -0.25) is 4.79 Å². The lowest BCUT2D eigenvalue weighted by atomic mass is 9.93. The summed E-state index contributed by atoms with van der Waals surface area (Å²) in [6.07, 6.45) is 3.86. The fraction of sp³-hybridized carbons (Fsp3) is 0.538. The SMILES string of the molecule is O=C(O)CCC1=CC(O)=C2CCCC(C(=O)O)N2C1. The largest absolute Gasteiger partial charge is 0.506 e. The number of carboxylic acids is 2. The molecule has 0 aromatic carbocycles. The Balaban J connectivity index is 2.18. The Labute approximate surface area is 110 Å². The van der Waals surface area contributed by atoms with Crippen LogP contribution in [0.15, 0.2) is 23.1 Å². The molecule has 6 nitrogen and oxygen atoms in total. The number of nitrogens with zero attached hydrogens (tertiary/aromatic N) is 1. The van der Waals surface area contributed by atoms with Crippen molar-refractivity contribution in [3.63, 3.8) is 0 Å². The molecule has 2 aliphatic heterocycles. The minimum absolute atomic E-state index is 0.0139. The van der Waals surface area contributed by atoms with Crippen LogP contribution >= 0.6 is 0 Å². The summed E-state index contributed by atoms with van der Waals surface area (Å²) in [7, 11) is 0. The van der Waals surface area contributed by atoms with E-state index < -0.39 is 18.0 Å². The van der Waals surface area contributed by atoms with Crippen LogP contribution in [0.5, 0.6) is 0 Å². The second kappa shape index (κ2) is 5.34. The van der Waals surface area contributed by atoms with Gasteiger partial charge in [-0.15, -0.1) is 0 Å². The highest BCUT2D eigenvalue weighted by molar-refractivity contribution is 5.74. The van der Waals surface area contributed by atoms with E-state index in [2.05, 4.69) is 0 Å². The minimum atomic E-state index is -0.899. The average molecular weight is 267 g/mol. The Morgan fingerprint density at radius 2 is 2.11 bits per heavy atom. The Hall–Kier alpha value is -1.98. The van der Waals surface area contributed by atoms with Gasteiger partial charge in [0.2, 0.25) is 0 Å². The summed E-state index contributed by atoms with van der Waals surface area (Å²) in [6.45, 7) is 0.393. The van der Waals surface area contributed by atoms with Gasteiger partial charge in [0.25, 0.3) is 0 Å². The van der Waals surface area contributed by atoms with Gasteiger partial charge in [0, 0.05) is 13.0 Å². The van der Waals surface area contributed by atoms with E-state index in [0.29, 0.717) is 31.5 Å². The number of aliphatic hydroxyl groups excluding tert-OH is 1. The first kappa shape index (κ1) is 13.5. The van der Waals surface area contributed by atoms with Crippen LogP contribution in [0.2, 0.25) is 0 Å². The number of piperidine rings is 1. The Morgan fingerprint density at radius 1 is 1.37 bits per heavy atom. The number of aliphatic carboxylic acids is 2. The molecule has 104 valence electrons. The molecule has 0 amide bonds. The zero-order chi connectivity index (χ0) is 14.0. The maximum atomic E-state index is 11.2. The van der Waals surface area contributed by atoms with Crippen LogP contribution in [0.25, 0.3) is 0 Å². The number of carbonyl (C=O) groups is 2. The van der Waals surface area contributed by atoms with Crippen molar-refractivity contribution >= 4 is 11.9 Å². The quantitative estimate of drug-likeness (QED) is 0.714. The highest BCUT2D eigenvalue weighted by atomic mass is 16.4. The van der Waals surface area contributed by atoms with Gasteiger partial charge in [0.15, 0.2) is 0 Å². The molecule has 1 atom stereocenters. The summed E-state index contributed by atoms with van der Waals surface area (Å²) < 4.78 is 0. The Morgan fingerprint density at radius 3 is 2.74 bits per heavy atom. The molecule has 0 radical (unpaired) electrons. The van der Waals surface area contributed by atoms with Gasteiger partial charge in [0.05, 0.1) is 5.70 Å². The summed E-state index contributed by atoms with van der Waals surface area (Å²) in [5.74, 6) is -1.72. The van der Waals surface area contributed by atoms with Crippen molar-refractivity contribution in [1.29, 1.82) is 0 Å². The van der Waals surface area contributed by atoms with Crippen molar-refractivity contribution in [3.05, 3.63) is 23.1 Å². The normalized spacial score (nSPS) is 22.8. The summed E-state index contributed by atoms with van der Waals surface area (Å²) in [6, 6.07) is -0.626. The maximum absolute atomic E-state index is 11.2. The molecule has 0 aromatic heterocycles. The number of allylic oxidation sites excluding steroid dienone is 2. The van der Waals surface area contributed by atoms with Crippen molar-refractivity contribution < 1.29 is 24.9 Å². The molecule has 0 aromatic rings. The van der Waals surface area contributed by atoms with Gasteiger partial charge in [0.1, 0.15) is 11.8 Å². The third kappa shape index (κ3) is 2.89. The molecule has 0 bridgehead atoms. The third-order valence-electron chi connectivity index (χ3n) is 3.57. The molecule has 0 saturated carbocycles. The summed E-state index contributed by atoms with van der Waals surface area (Å²) in [5, 5.41) is 27.8. The van der Waals surface area contributed by atoms with E-state index >= 15 is 0 Å². The second-order valence-electron chi connectivity index (χ2n) is 4.90. The average Bonchev–Trinajstić information content (AvgIpc) is 2.35. The summed E-state index contributed by atoms with van der Waals surface area (Å²) >= 11 is 0. The molecule has 3 N–H and O–H groups in total. The first-order valence-corrected chi connectivity index (χ1v) is 6.32. The summed E-state index contributed by atoms with van der Waals surface area (Å²) in [5.41, 5.74) is 1.43. The standard InChI is InChI=1S/C13H17NO5/c15-11-6-8(4-5-12(16)17)7-14-9(11)2-1-3-10(14)13(18)19/h6,10,15H,1-5,7H2,(H,16,17)(H,18,19). The first-order valence-electron chi connectivity index (χ1n) is 6.32. The molecule has 2 heterocycles. The third-order valence-corrected chi connectivity index (χ3v) is 3.57. The van der Waals surface area contributed by atoms with Crippen LogP contribution in [0, 0.1) is 0 Å². The number of hydrogen-bond donors (Lipinski definition) is 3. The van der Waals surface area contributed by atoms with Crippen molar-refractivity contribution in [3.8, 4) is 0 Å². The predicted molar refractivity (Wildman–Crippen MR) is 66.6 cm³/mol. The Kier molecular flexibility index (Phi) is 3.78. The van der Waals surface area contributed by atoms with Crippen molar-refractivity contribution in [2.45, 2.75) is 38.1 Å². The second-order valence-corrected chi connectivity index (χ2v) is 4.90. The van der Waals surface area contributed by atoms with Gasteiger partial charge < -0.3 is 20.2 Å². The highest BCUT2D eigenvalue weighted by Crippen LogP contribution is 2.33. The van der Waals surface area contributed by atoms with Crippen LogP contribution in [-0.2, 0) is 9.59 Å². The molecule has 0 spiro atoms. The zero-order valence-electron chi connectivity index (χ0n) is 10.5. The van der Waals surface area contributed by atoms with Gasteiger partial charge in [-0.05, 0) is 37.3 Å². The van der Waals surface area contributed by atoms with Crippen LogP contribution < -0.4 is 0 Å². The van der Waals surface area contributed by atoms with Crippen LogP contribution in [0.3, 0.4) is 0 Å².